The van der Waals surface area contributed by atoms with E-state index in [0.717, 1.165) is 39.4 Å². The average molecular weight is 566 g/mol. The summed E-state index contributed by atoms with van der Waals surface area (Å²) in [6.07, 6.45) is 0.348. The van der Waals surface area contributed by atoms with Crippen LogP contribution in [-0.4, -0.2) is 79.6 Å². The van der Waals surface area contributed by atoms with Crippen molar-refractivity contribution in [3.8, 4) is 17.1 Å². The Labute approximate surface area is 234 Å². The molecule has 1 saturated heterocycles. The van der Waals surface area contributed by atoms with Crippen LogP contribution in [0.1, 0.15) is 36.3 Å². The average Bonchev–Trinajstić information content (AvgIpc) is 3.69. The Hall–Kier alpha value is -4.06. The quantitative estimate of drug-likeness (QED) is 0.321. The first-order chi connectivity index (χ1) is 19.8. The molecule has 6 rings (SSSR count). The number of carbonyl (C=O) groups is 1. The predicted octanol–water partition coefficient (Wildman–Crippen LogP) is 4.39. The number of rotatable bonds is 9. The van der Waals surface area contributed by atoms with Gasteiger partial charge in [0.2, 0.25) is 11.8 Å². The number of hydrogen-bond donors (Lipinski definition) is 1. The third-order valence-electron chi connectivity index (χ3n) is 7.34. The molecule has 4 heterocycles. The number of piperazine rings is 1. The van der Waals surface area contributed by atoms with Crippen molar-refractivity contribution in [2.45, 2.75) is 38.4 Å². The standard InChI is InChI=1S/C29H30F3N7O2/c30-29(31,32)15-28(40)39-9-7-38(8-10-39)16-20-5-6-33-22(11-20)13-26-36-23-4-3-21(12-25(23)37-26)24-14-27(35-18-34-24)41-17-19-1-2-19/h3-6,11-12,14,18-19H,1-2,7-10,13,15-17H2,(H,36,37). The number of ether oxygens (including phenoxy) is 1. The number of imidazole rings is 1. The van der Waals surface area contributed by atoms with E-state index in [-0.39, 0.29) is 13.1 Å². The number of aromatic nitrogens is 5. The Kier molecular flexibility index (Phi) is 7.57. The van der Waals surface area contributed by atoms with E-state index in [1.165, 1.54) is 24.1 Å². The lowest BCUT2D eigenvalue weighted by Gasteiger charge is -2.35. The molecule has 0 atom stereocenters. The number of hydrogen-bond acceptors (Lipinski definition) is 7. The Morgan fingerprint density at radius 2 is 1.85 bits per heavy atom. The highest BCUT2D eigenvalue weighted by Crippen LogP contribution is 2.30. The van der Waals surface area contributed by atoms with Gasteiger partial charge in [0.05, 0.1) is 23.3 Å². The van der Waals surface area contributed by atoms with Gasteiger partial charge in [-0.25, -0.2) is 15.0 Å². The Morgan fingerprint density at radius 1 is 1.02 bits per heavy atom. The van der Waals surface area contributed by atoms with E-state index in [1.54, 1.807) is 6.20 Å². The topological polar surface area (TPSA) is 100 Å². The highest BCUT2D eigenvalue weighted by molar-refractivity contribution is 5.81. The van der Waals surface area contributed by atoms with Gasteiger partial charge >= 0.3 is 6.18 Å². The minimum Gasteiger partial charge on any atom is -0.477 e. The van der Waals surface area contributed by atoms with E-state index >= 15 is 0 Å². The first kappa shape index (κ1) is 27.1. The van der Waals surface area contributed by atoms with Gasteiger partial charge in [-0.15, -0.1) is 0 Å². The molecule has 2 fully saturated rings. The van der Waals surface area contributed by atoms with Crippen molar-refractivity contribution in [3.05, 3.63) is 66.0 Å². The molecule has 12 heteroatoms. The van der Waals surface area contributed by atoms with Gasteiger partial charge in [-0.2, -0.15) is 13.2 Å². The number of halogens is 3. The molecule has 1 N–H and O–H groups in total. The number of amides is 1. The van der Waals surface area contributed by atoms with E-state index in [1.807, 2.05) is 36.4 Å². The van der Waals surface area contributed by atoms with Gasteiger partial charge in [0.1, 0.15) is 18.6 Å². The fourth-order valence-electron chi connectivity index (χ4n) is 4.96. The largest absolute Gasteiger partial charge is 0.477 e. The van der Waals surface area contributed by atoms with Crippen LogP contribution in [0.25, 0.3) is 22.3 Å². The van der Waals surface area contributed by atoms with E-state index in [4.69, 9.17) is 9.72 Å². The highest BCUT2D eigenvalue weighted by atomic mass is 19.4. The van der Waals surface area contributed by atoms with Crippen molar-refractivity contribution < 1.29 is 22.7 Å². The van der Waals surface area contributed by atoms with Crippen molar-refractivity contribution in [2.24, 2.45) is 5.92 Å². The first-order valence-electron chi connectivity index (χ1n) is 13.7. The summed E-state index contributed by atoms with van der Waals surface area (Å²) in [7, 11) is 0. The molecular formula is C29H30F3N7O2. The lowest BCUT2D eigenvalue weighted by molar-refractivity contribution is -0.162. The number of pyridine rings is 1. The zero-order valence-electron chi connectivity index (χ0n) is 22.4. The van der Waals surface area contributed by atoms with Crippen LogP contribution in [0.15, 0.2) is 48.9 Å². The summed E-state index contributed by atoms with van der Waals surface area (Å²) in [6.45, 7) is 2.94. The minimum absolute atomic E-state index is 0.289. The summed E-state index contributed by atoms with van der Waals surface area (Å²) >= 11 is 0. The van der Waals surface area contributed by atoms with Crippen LogP contribution in [0.2, 0.25) is 0 Å². The van der Waals surface area contributed by atoms with Gasteiger partial charge in [0.25, 0.3) is 0 Å². The molecule has 3 aromatic heterocycles. The molecule has 0 bridgehead atoms. The molecule has 1 saturated carbocycles. The van der Waals surface area contributed by atoms with Crippen LogP contribution in [0, 0.1) is 5.92 Å². The maximum atomic E-state index is 12.5. The zero-order chi connectivity index (χ0) is 28.4. The summed E-state index contributed by atoms with van der Waals surface area (Å²) in [5.74, 6) is 1.15. The SMILES string of the molecule is O=C(CC(F)(F)F)N1CCN(Cc2ccnc(Cc3nc4ccc(-c5cc(OCC6CC6)ncn5)cc4[nH]3)c2)CC1. The Balaban J connectivity index is 1.07. The number of H-pyrrole nitrogens is 1. The lowest BCUT2D eigenvalue weighted by atomic mass is 10.1. The fraction of sp³-hybridized carbons (Fsp3) is 0.414. The molecule has 0 spiro atoms. The van der Waals surface area contributed by atoms with Crippen LogP contribution in [0.4, 0.5) is 13.2 Å². The number of nitrogens with one attached hydrogen (secondary N) is 1. The van der Waals surface area contributed by atoms with Crippen LogP contribution in [0.5, 0.6) is 5.88 Å². The van der Waals surface area contributed by atoms with Crippen molar-refractivity contribution in [2.75, 3.05) is 32.8 Å². The zero-order valence-corrected chi connectivity index (χ0v) is 22.4. The van der Waals surface area contributed by atoms with Gasteiger partial charge in [0, 0.05) is 62.7 Å². The predicted molar refractivity (Wildman–Crippen MR) is 145 cm³/mol. The molecule has 1 aromatic carbocycles. The molecular weight excluding hydrogens is 535 g/mol. The van der Waals surface area contributed by atoms with Gasteiger partial charge in [-0.1, -0.05) is 6.07 Å². The second kappa shape index (κ2) is 11.4. The second-order valence-electron chi connectivity index (χ2n) is 10.7. The molecule has 4 aromatic rings. The molecule has 1 amide bonds. The second-order valence-corrected chi connectivity index (χ2v) is 10.7. The van der Waals surface area contributed by atoms with Crippen LogP contribution < -0.4 is 4.74 Å². The van der Waals surface area contributed by atoms with E-state index in [9.17, 15) is 18.0 Å². The summed E-state index contributed by atoms with van der Waals surface area (Å²) in [4.78, 5) is 36.6. The summed E-state index contributed by atoms with van der Waals surface area (Å²) in [6, 6.07) is 11.8. The van der Waals surface area contributed by atoms with Crippen molar-refractivity contribution in [1.82, 2.24) is 34.7 Å². The molecule has 41 heavy (non-hydrogen) atoms. The van der Waals surface area contributed by atoms with Gasteiger partial charge in [0.15, 0.2) is 0 Å². The molecule has 2 aliphatic rings. The molecule has 0 radical (unpaired) electrons. The number of carbonyl (C=O) groups excluding carboxylic acids is 1. The molecule has 1 aliphatic heterocycles. The van der Waals surface area contributed by atoms with E-state index in [2.05, 4.69) is 24.8 Å². The van der Waals surface area contributed by atoms with Crippen molar-refractivity contribution in [3.63, 3.8) is 0 Å². The minimum atomic E-state index is -4.48. The summed E-state index contributed by atoms with van der Waals surface area (Å²) < 4.78 is 43.4. The molecule has 0 unspecified atom stereocenters. The Bertz CT molecular complexity index is 1530. The third kappa shape index (κ3) is 7.18. The Morgan fingerprint density at radius 3 is 2.63 bits per heavy atom. The van der Waals surface area contributed by atoms with Gasteiger partial charge in [-0.05, 0) is 48.6 Å². The van der Waals surface area contributed by atoms with E-state index < -0.39 is 18.5 Å². The third-order valence-corrected chi connectivity index (χ3v) is 7.34. The normalized spacial score (nSPS) is 16.3. The highest BCUT2D eigenvalue weighted by Gasteiger charge is 2.34. The van der Waals surface area contributed by atoms with Crippen LogP contribution in [-0.2, 0) is 17.8 Å². The van der Waals surface area contributed by atoms with Crippen molar-refractivity contribution in [1.29, 1.82) is 0 Å². The summed E-state index contributed by atoms with van der Waals surface area (Å²) in [5, 5.41) is 0. The number of nitrogens with zero attached hydrogens (tertiary/aromatic N) is 6. The number of benzene rings is 1. The van der Waals surface area contributed by atoms with Crippen LogP contribution in [0.3, 0.4) is 0 Å². The fourth-order valence-corrected chi connectivity index (χ4v) is 4.96. The molecule has 1 aliphatic carbocycles. The van der Waals surface area contributed by atoms with E-state index in [0.29, 0.717) is 44.5 Å². The molecule has 214 valence electrons. The molecule has 9 nitrogen and oxygen atoms in total. The van der Waals surface area contributed by atoms with Gasteiger partial charge < -0.3 is 14.6 Å². The number of fused-ring (bicyclic) bond motifs is 1. The van der Waals surface area contributed by atoms with Crippen LogP contribution >= 0.6 is 0 Å². The smallest absolute Gasteiger partial charge is 0.397 e. The maximum absolute atomic E-state index is 12.5. The maximum Gasteiger partial charge on any atom is 0.397 e. The number of alkyl halides is 3. The number of aromatic amines is 1. The first-order valence-corrected chi connectivity index (χ1v) is 13.7. The van der Waals surface area contributed by atoms with Crippen molar-refractivity contribution >= 4 is 16.9 Å². The lowest BCUT2D eigenvalue weighted by Crippen LogP contribution is -2.49. The summed E-state index contributed by atoms with van der Waals surface area (Å²) in [5.41, 5.74) is 5.36. The monoisotopic (exact) mass is 565 g/mol. The van der Waals surface area contributed by atoms with Gasteiger partial charge in [-0.3, -0.25) is 14.7 Å².